The largest absolute Gasteiger partial charge is 0.488 e. The summed E-state index contributed by atoms with van der Waals surface area (Å²) in [5.74, 6) is 0.434. The minimum atomic E-state index is -0.303. The number of carbonyl (C=O) groups is 2. The van der Waals surface area contributed by atoms with E-state index in [0.29, 0.717) is 22.7 Å². The van der Waals surface area contributed by atoms with Crippen molar-refractivity contribution in [1.29, 1.82) is 0 Å². The topological polar surface area (TPSA) is 79.5 Å². The van der Waals surface area contributed by atoms with Gasteiger partial charge in [-0.3, -0.25) is 4.79 Å². The van der Waals surface area contributed by atoms with Crippen LogP contribution in [0, 0.1) is 0 Å². The van der Waals surface area contributed by atoms with Crippen molar-refractivity contribution >= 4 is 23.3 Å². The lowest BCUT2D eigenvalue weighted by Gasteiger charge is -2.17. The number of urea groups is 1. The third-order valence-corrected chi connectivity index (χ3v) is 4.53. The van der Waals surface area contributed by atoms with Gasteiger partial charge in [-0.15, -0.1) is 0 Å². The van der Waals surface area contributed by atoms with Gasteiger partial charge in [-0.05, 0) is 69.9 Å². The van der Waals surface area contributed by atoms with Gasteiger partial charge >= 0.3 is 6.03 Å². The number of carbonyl (C=O) groups excluding carboxylic acids is 2. The van der Waals surface area contributed by atoms with Gasteiger partial charge in [0.25, 0.3) is 5.91 Å². The summed E-state index contributed by atoms with van der Waals surface area (Å²) < 4.78 is 6.08. The van der Waals surface area contributed by atoms with Crippen molar-refractivity contribution in [3.8, 4) is 5.75 Å². The predicted molar refractivity (Wildman–Crippen MR) is 111 cm³/mol. The average Bonchev–Trinajstić information content (AvgIpc) is 3.16. The lowest BCUT2D eigenvalue weighted by molar-refractivity contribution is 0.102. The molecule has 0 unspecified atom stereocenters. The first-order valence-corrected chi connectivity index (χ1v) is 9.76. The number of ether oxygens (including phenoxy) is 1. The van der Waals surface area contributed by atoms with E-state index < -0.39 is 0 Å². The fraction of sp³-hybridized carbons (Fsp3) is 0.364. The molecule has 3 amide bonds. The monoisotopic (exact) mass is 381 g/mol. The second-order valence-corrected chi connectivity index (χ2v) is 7.31. The average molecular weight is 381 g/mol. The van der Waals surface area contributed by atoms with Crippen LogP contribution in [0.4, 0.5) is 16.2 Å². The molecule has 28 heavy (non-hydrogen) atoms. The molecule has 6 nitrogen and oxygen atoms in total. The number of anilines is 2. The molecule has 0 aliphatic heterocycles. The molecule has 0 saturated heterocycles. The van der Waals surface area contributed by atoms with Crippen LogP contribution in [0.5, 0.6) is 5.75 Å². The highest BCUT2D eigenvalue weighted by molar-refractivity contribution is 6.06. The number of amides is 3. The highest BCUT2D eigenvalue weighted by atomic mass is 16.5. The van der Waals surface area contributed by atoms with Crippen LogP contribution in [-0.2, 0) is 0 Å². The lowest BCUT2D eigenvalue weighted by atomic mass is 10.1. The molecule has 1 fully saturated rings. The molecule has 0 spiro atoms. The van der Waals surface area contributed by atoms with E-state index in [4.69, 9.17) is 4.74 Å². The molecule has 1 aliphatic carbocycles. The summed E-state index contributed by atoms with van der Waals surface area (Å²) in [6, 6.07) is 14.0. The molecule has 0 aromatic heterocycles. The van der Waals surface area contributed by atoms with E-state index in [1.54, 1.807) is 24.3 Å². The maximum absolute atomic E-state index is 12.7. The van der Waals surface area contributed by atoms with Crippen molar-refractivity contribution in [2.24, 2.45) is 0 Å². The lowest BCUT2D eigenvalue weighted by Crippen LogP contribution is -2.34. The molecule has 2 aromatic rings. The summed E-state index contributed by atoms with van der Waals surface area (Å²) in [5, 5.41) is 8.41. The van der Waals surface area contributed by atoms with Gasteiger partial charge in [0.15, 0.2) is 0 Å². The first-order valence-electron chi connectivity index (χ1n) is 9.76. The van der Waals surface area contributed by atoms with Crippen LogP contribution >= 0.6 is 0 Å². The Hall–Kier alpha value is -3.02. The molecule has 0 atom stereocenters. The molecule has 148 valence electrons. The van der Waals surface area contributed by atoms with Crippen LogP contribution in [0.1, 0.15) is 49.9 Å². The van der Waals surface area contributed by atoms with Gasteiger partial charge in [0.1, 0.15) is 5.75 Å². The van der Waals surface area contributed by atoms with Crippen molar-refractivity contribution in [2.45, 2.75) is 51.7 Å². The van der Waals surface area contributed by atoms with Gasteiger partial charge in [0.05, 0.1) is 11.8 Å². The van der Waals surface area contributed by atoms with Crippen molar-refractivity contribution in [3.63, 3.8) is 0 Å². The first kappa shape index (κ1) is 19.7. The summed E-state index contributed by atoms with van der Waals surface area (Å²) in [6.07, 6.45) is 4.68. The normalized spacial score (nSPS) is 14.0. The molecule has 0 heterocycles. The molecule has 0 radical (unpaired) electrons. The van der Waals surface area contributed by atoms with Crippen LogP contribution < -0.4 is 20.7 Å². The van der Waals surface area contributed by atoms with Crippen LogP contribution in [0.3, 0.4) is 0 Å². The molecule has 0 bridgehead atoms. The minimum absolute atomic E-state index is 0.0304. The molecule has 3 N–H and O–H groups in total. The molecular weight excluding hydrogens is 354 g/mol. The Bertz CT molecular complexity index is 829. The van der Waals surface area contributed by atoms with Crippen molar-refractivity contribution in [1.82, 2.24) is 5.32 Å². The Kier molecular flexibility index (Phi) is 6.53. The number of benzene rings is 2. The van der Waals surface area contributed by atoms with E-state index in [-0.39, 0.29) is 24.1 Å². The fourth-order valence-electron chi connectivity index (χ4n) is 3.22. The van der Waals surface area contributed by atoms with E-state index >= 15 is 0 Å². The van der Waals surface area contributed by atoms with Crippen LogP contribution in [0.2, 0.25) is 0 Å². The smallest absolute Gasteiger partial charge is 0.319 e. The summed E-state index contributed by atoms with van der Waals surface area (Å²) >= 11 is 0. The molecular formula is C22H27N3O3. The predicted octanol–water partition coefficient (Wildman–Crippen LogP) is 4.79. The van der Waals surface area contributed by atoms with Gasteiger partial charge in [0.2, 0.25) is 0 Å². The minimum Gasteiger partial charge on any atom is -0.488 e. The number of rotatable bonds is 6. The molecule has 2 aromatic carbocycles. The van der Waals surface area contributed by atoms with Gasteiger partial charge in [0, 0.05) is 17.3 Å². The van der Waals surface area contributed by atoms with Crippen molar-refractivity contribution in [3.05, 3.63) is 54.1 Å². The summed E-state index contributed by atoms with van der Waals surface area (Å²) in [4.78, 5) is 24.6. The van der Waals surface area contributed by atoms with Gasteiger partial charge < -0.3 is 20.7 Å². The number of hydrogen-bond acceptors (Lipinski definition) is 3. The third-order valence-electron chi connectivity index (χ3n) is 4.53. The van der Waals surface area contributed by atoms with Gasteiger partial charge in [-0.25, -0.2) is 4.79 Å². The Balaban J connectivity index is 1.68. The van der Waals surface area contributed by atoms with Crippen LogP contribution in [0.15, 0.2) is 48.5 Å². The maximum Gasteiger partial charge on any atom is 0.319 e. The Morgan fingerprint density at radius 3 is 2.50 bits per heavy atom. The zero-order valence-corrected chi connectivity index (χ0v) is 16.3. The molecule has 1 aliphatic rings. The zero-order valence-electron chi connectivity index (χ0n) is 16.3. The van der Waals surface area contributed by atoms with Gasteiger partial charge in [-0.2, -0.15) is 0 Å². The van der Waals surface area contributed by atoms with Crippen molar-refractivity contribution < 1.29 is 14.3 Å². The zero-order chi connectivity index (χ0) is 19.9. The summed E-state index contributed by atoms with van der Waals surface area (Å²) in [5.41, 5.74) is 1.66. The van der Waals surface area contributed by atoms with Crippen LogP contribution in [-0.4, -0.2) is 24.1 Å². The third kappa shape index (κ3) is 5.49. The molecule has 3 rings (SSSR count). The number of hydrogen-bond donors (Lipinski definition) is 3. The summed E-state index contributed by atoms with van der Waals surface area (Å²) in [6.45, 7) is 3.77. The van der Waals surface area contributed by atoms with Crippen molar-refractivity contribution in [2.75, 3.05) is 10.6 Å². The Morgan fingerprint density at radius 2 is 1.75 bits per heavy atom. The molecule has 1 saturated carbocycles. The first-order chi connectivity index (χ1) is 13.5. The highest BCUT2D eigenvalue weighted by Crippen LogP contribution is 2.30. The standard InChI is InChI=1S/C22H27N3O3/c1-15(2)23-22(27)24-17-9-7-8-16(14-17)21(26)25-19-12-5-6-13-20(19)28-18-10-3-4-11-18/h5-9,12-15,18H,3-4,10-11H2,1-2H3,(H,25,26)(H2,23,24,27). The van der Waals surface area contributed by atoms with E-state index in [0.717, 1.165) is 12.8 Å². The van der Waals surface area contributed by atoms with E-state index in [1.165, 1.54) is 12.8 Å². The van der Waals surface area contributed by atoms with E-state index in [1.807, 2.05) is 38.1 Å². The number of nitrogens with one attached hydrogen (secondary N) is 3. The summed E-state index contributed by atoms with van der Waals surface area (Å²) in [7, 11) is 0. The van der Waals surface area contributed by atoms with Gasteiger partial charge in [-0.1, -0.05) is 18.2 Å². The quantitative estimate of drug-likeness (QED) is 0.673. The Morgan fingerprint density at radius 1 is 1.00 bits per heavy atom. The van der Waals surface area contributed by atoms with E-state index in [9.17, 15) is 9.59 Å². The number of para-hydroxylation sites is 2. The SMILES string of the molecule is CC(C)NC(=O)Nc1cccc(C(=O)Nc2ccccc2OC2CCCC2)c1. The fourth-order valence-corrected chi connectivity index (χ4v) is 3.22. The maximum atomic E-state index is 12.7. The highest BCUT2D eigenvalue weighted by Gasteiger charge is 2.18. The second-order valence-electron chi connectivity index (χ2n) is 7.31. The molecule has 6 heteroatoms. The Labute approximate surface area is 165 Å². The van der Waals surface area contributed by atoms with E-state index in [2.05, 4.69) is 16.0 Å². The second kappa shape index (κ2) is 9.26. The van der Waals surface area contributed by atoms with Crippen LogP contribution in [0.25, 0.3) is 0 Å².